The Labute approximate surface area is 178 Å². The van der Waals surface area contributed by atoms with Crippen molar-refractivity contribution in [3.63, 3.8) is 0 Å². The molecular weight excluding hydrogens is 399 g/mol. The summed E-state index contributed by atoms with van der Waals surface area (Å²) in [5.74, 6) is -0.0480. The quantitative estimate of drug-likeness (QED) is 0.611. The predicted molar refractivity (Wildman–Crippen MR) is 115 cm³/mol. The first-order chi connectivity index (χ1) is 14.5. The van der Waals surface area contributed by atoms with Gasteiger partial charge < -0.3 is 0 Å². The Morgan fingerprint density at radius 2 is 2.07 bits per heavy atom. The molecule has 154 valence electrons. The third-order valence-corrected chi connectivity index (χ3v) is 8.14. The second kappa shape index (κ2) is 7.27. The SMILES string of the molecule is CC1c2cc(F)ccc2CC1CC[C@@]1(c2nc3ccccc3s2)CCC(=O)NC1=O. The molecule has 3 atom stereocenters. The van der Waals surface area contributed by atoms with Crippen LogP contribution in [0, 0.1) is 11.7 Å². The van der Waals surface area contributed by atoms with Gasteiger partial charge in [-0.15, -0.1) is 11.3 Å². The van der Waals surface area contributed by atoms with Gasteiger partial charge in [-0.05, 0) is 72.9 Å². The number of hydrogen-bond acceptors (Lipinski definition) is 4. The van der Waals surface area contributed by atoms with E-state index >= 15 is 0 Å². The number of piperidine rings is 1. The lowest BCUT2D eigenvalue weighted by molar-refractivity contribution is -0.138. The van der Waals surface area contributed by atoms with E-state index in [9.17, 15) is 14.0 Å². The number of carbonyl (C=O) groups is 2. The van der Waals surface area contributed by atoms with Gasteiger partial charge in [0.25, 0.3) is 0 Å². The molecule has 1 aliphatic carbocycles. The maximum absolute atomic E-state index is 13.7. The summed E-state index contributed by atoms with van der Waals surface area (Å²) in [6.07, 6.45) is 3.17. The van der Waals surface area contributed by atoms with Crippen LogP contribution in [0.1, 0.15) is 54.7 Å². The lowest BCUT2D eigenvalue weighted by Crippen LogP contribution is -2.51. The number of halogens is 1. The van der Waals surface area contributed by atoms with E-state index in [4.69, 9.17) is 4.98 Å². The third kappa shape index (κ3) is 3.14. The summed E-state index contributed by atoms with van der Waals surface area (Å²) < 4.78 is 14.8. The lowest BCUT2D eigenvalue weighted by Gasteiger charge is -2.34. The molecule has 2 amide bonds. The largest absolute Gasteiger partial charge is 0.296 e. The van der Waals surface area contributed by atoms with Crippen LogP contribution in [0.3, 0.4) is 0 Å². The van der Waals surface area contributed by atoms with Crippen molar-refractivity contribution in [1.29, 1.82) is 0 Å². The third-order valence-electron chi connectivity index (χ3n) is 6.90. The standard InChI is InChI=1S/C24H23FN2O2S/c1-14-15(12-16-6-7-17(25)13-18(14)16)8-10-24(11-9-21(28)27-22(24)29)23-26-19-4-2-3-5-20(19)30-23/h2-7,13-15H,8-12H2,1H3,(H,27,28,29)/t14?,15?,24-/m1/s1. The molecule has 2 unspecified atom stereocenters. The summed E-state index contributed by atoms with van der Waals surface area (Å²) in [5, 5.41) is 3.36. The lowest BCUT2D eigenvalue weighted by atomic mass is 9.73. The van der Waals surface area contributed by atoms with Crippen LogP contribution in [-0.2, 0) is 21.4 Å². The second-order valence-electron chi connectivity index (χ2n) is 8.58. The first-order valence-corrected chi connectivity index (χ1v) is 11.3. The molecule has 5 rings (SSSR count). The van der Waals surface area contributed by atoms with Gasteiger partial charge in [-0.2, -0.15) is 0 Å². The van der Waals surface area contributed by atoms with Gasteiger partial charge in [0.05, 0.1) is 10.2 Å². The summed E-state index contributed by atoms with van der Waals surface area (Å²) in [6.45, 7) is 2.14. The summed E-state index contributed by atoms with van der Waals surface area (Å²) in [6, 6.07) is 12.9. The van der Waals surface area contributed by atoms with Gasteiger partial charge in [0.2, 0.25) is 11.8 Å². The normalized spacial score (nSPS) is 26.1. The molecule has 1 N–H and O–H groups in total. The molecule has 1 aliphatic heterocycles. The molecule has 2 heterocycles. The van der Waals surface area contributed by atoms with Crippen molar-refractivity contribution < 1.29 is 14.0 Å². The second-order valence-corrected chi connectivity index (χ2v) is 9.61. The van der Waals surface area contributed by atoms with Crippen molar-refractivity contribution in [2.75, 3.05) is 0 Å². The van der Waals surface area contributed by atoms with Crippen LogP contribution in [-0.4, -0.2) is 16.8 Å². The number of aromatic nitrogens is 1. The molecule has 3 aromatic rings. The van der Waals surface area contributed by atoms with Crippen molar-refractivity contribution in [3.05, 3.63) is 64.4 Å². The Kier molecular flexibility index (Phi) is 4.69. The first-order valence-electron chi connectivity index (χ1n) is 10.4. The fourth-order valence-corrected chi connectivity index (χ4v) is 6.26. The molecule has 0 saturated carbocycles. The van der Waals surface area contributed by atoms with Crippen LogP contribution >= 0.6 is 11.3 Å². The molecule has 1 saturated heterocycles. The zero-order valence-corrected chi connectivity index (χ0v) is 17.6. The zero-order valence-electron chi connectivity index (χ0n) is 16.8. The van der Waals surface area contributed by atoms with Crippen molar-refractivity contribution in [2.45, 2.75) is 50.4 Å². The minimum atomic E-state index is -0.780. The van der Waals surface area contributed by atoms with Gasteiger partial charge >= 0.3 is 0 Å². The summed E-state index contributed by atoms with van der Waals surface area (Å²) in [4.78, 5) is 29.8. The van der Waals surface area contributed by atoms with Gasteiger partial charge in [0.15, 0.2) is 0 Å². The summed E-state index contributed by atoms with van der Waals surface area (Å²) in [5.41, 5.74) is 2.39. The average Bonchev–Trinajstić information content (AvgIpc) is 3.30. The fourth-order valence-electron chi connectivity index (χ4n) is 5.05. The van der Waals surface area contributed by atoms with E-state index in [2.05, 4.69) is 12.2 Å². The molecule has 1 aromatic heterocycles. The van der Waals surface area contributed by atoms with Gasteiger partial charge in [0, 0.05) is 6.42 Å². The van der Waals surface area contributed by atoms with Gasteiger partial charge in [-0.3, -0.25) is 14.9 Å². The van der Waals surface area contributed by atoms with Gasteiger partial charge in [-0.25, -0.2) is 9.37 Å². The van der Waals surface area contributed by atoms with Crippen molar-refractivity contribution in [2.24, 2.45) is 5.92 Å². The molecule has 4 nitrogen and oxygen atoms in total. The predicted octanol–water partition coefficient (Wildman–Crippen LogP) is 4.87. The smallest absolute Gasteiger partial charge is 0.239 e. The molecule has 2 aromatic carbocycles. The number of amides is 2. The number of fused-ring (bicyclic) bond motifs is 2. The van der Waals surface area contributed by atoms with Gasteiger partial charge in [-0.1, -0.05) is 25.1 Å². The number of imide groups is 1. The summed E-state index contributed by atoms with van der Waals surface area (Å²) in [7, 11) is 0. The maximum Gasteiger partial charge on any atom is 0.239 e. The molecule has 0 spiro atoms. The van der Waals surface area contributed by atoms with Crippen LogP contribution in [0.15, 0.2) is 42.5 Å². The van der Waals surface area contributed by atoms with E-state index in [-0.39, 0.29) is 23.5 Å². The zero-order chi connectivity index (χ0) is 20.9. The highest BCUT2D eigenvalue weighted by Gasteiger charge is 2.47. The van der Waals surface area contributed by atoms with Crippen LogP contribution < -0.4 is 5.32 Å². The molecule has 6 heteroatoms. The Morgan fingerprint density at radius 1 is 1.23 bits per heavy atom. The number of para-hydroxylation sites is 1. The highest BCUT2D eigenvalue weighted by Crippen LogP contribution is 2.46. The molecule has 1 fully saturated rings. The van der Waals surface area contributed by atoms with Crippen LogP contribution in [0.5, 0.6) is 0 Å². The average molecular weight is 423 g/mol. The molecule has 0 radical (unpaired) electrons. The van der Waals surface area contributed by atoms with Crippen LogP contribution in [0.4, 0.5) is 4.39 Å². The highest BCUT2D eigenvalue weighted by atomic mass is 32.1. The van der Waals surface area contributed by atoms with E-state index in [1.54, 1.807) is 17.4 Å². The molecule has 30 heavy (non-hydrogen) atoms. The monoisotopic (exact) mass is 422 g/mol. The number of rotatable bonds is 4. The number of hydrogen-bond donors (Lipinski definition) is 1. The maximum atomic E-state index is 13.7. The topological polar surface area (TPSA) is 59.1 Å². The Balaban J connectivity index is 1.45. The molecule has 2 aliphatic rings. The van der Waals surface area contributed by atoms with Gasteiger partial charge in [0.1, 0.15) is 16.2 Å². The Bertz CT molecular complexity index is 1120. The molecule has 0 bridgehead atoms. The summed E-state index contributed by atoms with van der Waals surface area (Å²) >= 11 is 1.55. The fraction of sp³-hybridized carbons (Fsp3) is 0.375. The number of carbonyl (C=O) groups excluding carboxylic acids is 2. The number of benzene rings is 2. The first kappa shape index (κ1) is 19.4. The van der Waals surface area contributed by atoms with Crippen molar-refractivity contribution >= 4 is 33.4 Å². The number of nitrogens with zero attached hydrogens (tertiary/aromatic N) is 1. The van der Waals surface area contributed by atoms with E-state index in [0.717, 1.165) is 33.6 Å². The molecular formula is C24H23FN2O2S. The van der Waals surface area contributed by atoms with Crippen molar-refractivity contribution in [1.82, 2.24) is 10.3 Å². The number of thiazole rings is 1. The minimum Gasteiger partial charge on any atom is -0.296 e. The highest BCUT2D eigenvalue weighted by molar-refractivity contribution is 7.18. The minimum absolute atomic E-state index is 0.197. The Morgan fingerprint density at radius 3 is 2.87 bits per heavy atom. The van der Waals surface area contributed by atoms with E-state index < -0.39 is 5.41 Å². The van der Waals surface area contributed by atoms with E-state index in [0.29, 0.717) is 25.2 Å². The van der Waals surface area contributed by atoms with Crippen molar-refractivity contribution in [3.8, 4) is 0 Å². The van der Waals surface area contributed by atoms with Crippen LogP contribution in [0.25, 0.3) is 10.2 Å². The van der Waals surface area contributed by atoms with E-state index in [1.165, 1.54) is 11.6 Å². The van der Waals surface area contributed by atoms with Crippen LogP contribution in [0.2, 0.25) is 0 Å². The number of nitrogens with one attached hydrogen (secondary N) is 1. The Hall–Kier alpha value is -2.60. The van der Waals surface area contributed by atoms with E-state index in [1.807, 2.05) is 30.3 Å².